The van der Waals surface area contributed by atoms with Crippen molar-refractivity contribution >= 4 is 15.9 Å². The van der Waals surface area contributed by atoms with Crippen LogP contribution in [-0.2, 0) is 14.8 Å². The van der Waals surface area contributed by atoms with E-state index in [9.17, 15) is 13.2 Å². The summed E-state index contributed by atoms with van der Waals surface area (Å²) in [7, 11) is -3.72. The van der Waals surface area contributed by atoms with Gasteiger partial charge in [0.05, 0.1) is 4.90 Å². The summed E-state index contributed by atoms with van der Waals surface area (Å²) in [6.07, 6.45) is 0. The summed E-state index contributed by atoms with van der Waals surface area (Å²) in [5, 5.41) is 5.98. The second-order valence-corrected chi connectivity index (χ2v) is 8.14. The van der Waals surface area contributed by atoms with E-state index in [-0.39, 0.29) is 16.7 Å². The smallest absolute Gasteiger partial charge is 0.241 e. The van der Waals surface area contributed by atoms with Gasteiger partial charge in [0, 0.05) is 25.6 Å². The SMILES string of the molecule is Cc1ccc(S(=O)(=O)NC(C(=O)NCC2CNC2)C(C)C)cc1. The highest BCUT2D eigenvalue weighted by Crippen LogP contribution is 2.13. The van der Waals surface area contributed by atoms with Crippen molar-refractivity contribution in [2.75, 3.05) is 19.6 Å². The van der Waals surface area contributed by atoms with E-state index in [1.165, 1.54) is 0 Å². The third-order valence-corrected chi connectivity index (χ3v) is 5.45. The second-order valence-electron chi connectivity index (χ2n) is 6.43. The maximum absolute atomic E-state index is 12.5. The highest BCUT2D eigenvalue weighted by atomic mass is 32.2. The first-order valence-electron chi connectivity index (χ1n) is 7.87. The molecule has 0 saturated carbocycles. The normalized spacial score (nSPS) is 16.9. The van der Waals surface area contributed by atoms with E-state index >= 15 is 0 Å². The van der Waals surface area contributed by atoms with Crippen LogP contribution in [0.25, 0.3) is 0 Å². The Morgan fingerprint density at radius 2 is 1.87 bits per heavy atom. The first-order chi connectivity index (χ1) is 10.8. The summed E-state index contributed by atoms with van der Waals surface area (Å²) in [6.45, 7) is 7.90. The van der Waals surface area contributed by atoms with Crippen molar-refractivity contribution in [3.8, 4) is 0 Å². The molecule has 0 radical (unpaired) electrons. The van der Waals surface area contributed by atoms with Gasteiger partial charge in [-0.25, -0.2) is 8.42 Å². The molecule has 0 aliphatic carbocycles. The van der Waals surface area contributed by atoms with Gasteiger partial charge >= 0.3 is 0 Å². The highest BCUT2D eigenvalue weighted by Gasteiger charge is 2.29. The molecule has 1 atom stereocenters. The van der Waals surface area contributed by atoms with E-state index in [0.29, 0.717) is 12.5 Å². The number of aryl methyl sites for hydroxylation is 1. The lowest BCUT2D eigenvalue weighted by Crippen LogP contribution is -2.53. The Kier molecular flexibility index (Phi) is 5.78. The molecule has 0 aromatic heterocycles. The average molecular weight is 339 g/mol. The van der Waals surface area contributed by atoms with E-state index in [0.717, 1.165) is 18.7 Å². The maximum atomic E-state index is 12.5. The lowest BCUT2D eigenvalue weighted by atomic mass is 10.0. The lowest BCUT2D eigenvalue weighted by Gasteiger charge is -2.28. The number of hydrogen-bond acceptors (Lipinski definition) is 4. The third-order valence-electron chi connectivity index (χ3n) is 3.99. The molecule has 0 bridgehead atoms. The van der Waals surface area contributed by atoms with Gasteiger partial charge in [0.15, 0.2) is 0 Å². The second kappa shape index (κ2) is 7.42. The maximum Gasteiger partial charge on any atom is 0.241 e. The fraction of sp³-hybridized carbons (Fsp3) is 0.562. The van der Waals surface area contributed by atoms with Crippen LogP contribution in [0.4, 0.5) is 0 Å². The number of carbonyl (C=O) groups excluding carboxylic acids is 1. The molecule has 3 N–H and O–H groups in total. The van der Waals surface area contributed by atoms with Crippen molar-refractivity contribution in [3.05, 3.63) is 29.8 Å². The minimum atomic E-state index is -3.72. The number of sulfonamides is 1. The molecule has 1 heterocycles. The van der Waals surface area contributed by atoms with Gasteiger partial charge in [0.2, 0.25) is 15.9 Å². The predicted octanol–water partition coefficient (Wildman–Crippen LogP) is 0.634. The van der Waals surface area contributed by atoms with Crippen LogP contribution in [0.5, 0.6) is 0 Å². The van der Waals surface area contributed by atoms with Crippen molar-refractivity contribution in [1.29, 1.82) is 0 Å². The molecule has 1 aliphatic heterocycles. The summed E-state index contributed by atoms with van der Waals surface area (Å²) in [4.78, 5) is 12.5. The largest absolute Gasteiger partial charge is 0.354 e. The summed E-state index contributed by atoms with van der Waals surface area (Å²) < 4.78 is 27.5. The van der Waals surface area contributed by atoms with Gasteiger partial charge in [-0.05, 0) is 25.0 Å². The van der Waals surface area contributed by atoms with Crippen molar-refractivity contribution < 1.29 is 13.2 Å². The summed E-state index contributed by atoms with van der Waals surface area (Å²) in [5.41, 5.74) is 0.983. The van der Waals surface area contributed by atoms with Crippen LogP contribution in [-0.4, -0.2) is 40.0 Å². The van der Waals surface area contributed by atoms with Crippen LogP contribution in [0.15, 0.2) is 29.2 Å². The highest BCUT2D eigenvalue weighted by molar-refractivity contribution is 7.89. The fourth-order valence-electron chi connectivity index (χ4n) is 2.29. The van der Waals surface area contributed by atoms with Crippen molar-refractivity contribution in [2.45, 2.75) is 31.7 Å². The van der Waals surface area contributed by atoms with Crippen LogP contribution >= 0.6 is 0 Å². The zero-order chi connectivity index (χ0) is 17.0. The predicted molar refractivity (Wildman–Crippen MR) is 89.5 cm³/mol. The third kappa shape index (κ3) is 4.76. The Labute approximate surface area is 138 Å². The van der Waals surface area contributed by atoms with Gasteiger partial charge in [-0.3, -0.25) is 4.79 Å². The van der Waals surface area contributed by atoms with Gasteiger partial charge in [-0.2, -0.15) is 4.72 Å². The molecule has 1 unspecified atom stereocenters. The quantitative estimate of drug-likeness (QED) is 0.680. The van der Waals surface area contributed by atoms with Gasteiger partial charge in [-0.1, -0.05) is 31.5 Å². The minimum absolute atomic E-state index is 0.144. The number of rotatable bonds is 7. The molecule has 6 nitrogen and oxygen atoms in total. The monoisotopic (exact) mass is 339 g/mol. The first kappa shape index (κ1) is 17.9. The van der Waals surface area contributed by atoms with Crippen molar-refractivity contribution in [1.82, 2.24) is 15.4 Å². The fourth-order valence-corrected chi connectivity index (χ4v) is 3.64. The summed E-state index contributed by atoms with van der Waals surface area (Å²) in [6, 6.07) is 5.79. The molecule has 1 fully saturated rings. The van der Waals surface area contributed by atoms with E-state index in [2.05, 4.69) is 15.4 Å². The molecule has 128 valence electrons. The van der Waals surface area contributed by atoms with Crippen LogP contribution in [0.1, 0.15) is 19.4 Å². The Morgan fingerprint density at radius 3 is 2.35 bits per heavy atom. The molecule has 1 aromatic rings. The number of benzene rings is 1. The number of nitrogens with one attached hydrogen (secondary N) is 3. The molecule has 2 rings (SSSR count). The topological polar surface area (TPSA) is 87.3 Å². The molecular formula is C16H25N3O3S. The van der Waals surface area contributed by atoms with E-state index in [4.69, 9.17) is 0 Å². The van der Waals surface area contributed by atoms with Crippen LogP contribution < -0.4 is 15.4 Å². The van der Waals surface area contributed by atoms with Crippen LogP contribution in [0.2, 0.25) is 0 Å². The van der Waals surface area contributed by atoms with E-state index in [1.807, 2.05) is 20.8 Å². The Balaban J connectivity index is 2.04. The van der Waals surface area contributed by atoms with Gasteiger partial charge in [-0.15, -0.1) is 0 Å². The molecule has 1 aliphatic rings. The Bertz CT molecular complexity index is 637. The van der Waals surface area contributed by atoms with Crippen molar-refractivity contribution in [3.63, 3.8) is 0 Å². The zero-order valence-electron chi connectivity index (χ0n) is 13.8. The lowest BCUT2D eigenvalue weighted by molar-refractivity contribution is -0.123. The molecule has 23 heavy (non-hydrogen) atoms. The molecule has 0 spiro atoms. The van der Waals surface area contributed by atoms with E-state index in [1.54, 1.807) is 24.3 Å². The van der Waals surface area contributed by atoms with Crippen LogP contribution in [0.3, 0.4) is 0 Å². The molecular weight excluding hydrogens is 314 g/mol. The molecule has 1 amide bonds. The summed E-state index contributed by atoms with van der Waals surface area (Å²) in [5.74, 6) is 0.0118. The van der Waals surface area contributed by atoms with Crippen molar-refractivity contribution in [2.24, 2.45) is 11.8 Å². The first-order valence-corrected chi connectivity index (χ1v) is 9.35. The molecule has 1 saturated heterocycles. The van der Waals surface area contributed by atoms with Gasteiger partial charge in [0.1, 0.15) is 6.04 Å². The Morgan fingerprint density at radius 1 is 1.26 bits per heavy atom. The Hall–Kier alpha value is -1.44. The molecule has 7 heteroatoms. The summed E-state index contributed by atoms with van der Waals surface area (Å²) >= 11 is 0. The van der Waals surface area contributed by atoms with E-state index < -0.39 is 16.1 Å². The molecule has 1 aromatic carbocycles. The standard InChI is InChI=1S/C16H25N3O3S/c1-11(2)15(16(20)18-10-13-8-17-9-13)19-23(21,22)14-6-4-12(3)5-7-14/h4-7,11,13,15,17,19H,8-10H2,1-3H3,(H,18,20). The number of carbonyl (C=O) groups is 1. The van der Waals surface area contributed by atoms with Gasteiger partial charge in [0.25, 0.3) is 0 Å². The average Bonchev–Trinajstić information content (AvgIpc) is 2.43. The van der Waals surface area contributed by atoms with Gasteiger partial charge < -0.3 is 10.6 Å². The zero-order valence-corrected chi connectivity index (χ0v) is 14.6. The number of amides is 1. The minimum Gasteiger partial charge on any atom is -0.354 e. The number of hydrogen-bond donors (Lipinski definition) is 3. The van der Waals surface area contributed by atoms with Crippen LogP contribution in [0, 0.1) is 18.8 Å².